The van der Waals surface area contributed by atoms with Crippen molar-refractivity contribution in [1.29, 1.82) is 0 Å². The van der Waals surface area contributed by atoms with E-state index in [4.69, 9.17) is 17.3 Å². The van der Waals surface area contributed by atoms with Crippen molar-refractivity contribution in [3.63, 3.8) is 0 Å². The summed E-state index contributed by atoms with van der Waals surface area (Å²) in [6.07, 6.45) is -0.325. The van der Waals surface area contributed by atoms with E-state index in [2.05, 4.69) is 0 Å². The van der Waals surface area contributed by atoms with Gasteiger partial charge in [0.15, 0.2) is 0 Å². The molecule has 0 amide bonds. The highest BCUT2D eigenvalue weighted by atomic mass is 35.5. The van der Waals surface area contributed by atoms with Crippen molar-refractivity contribution in [3.8, 4) is 0 Å². The summed E-state index contributed by atoms with van der Waals surface area (Å²) >= 11 is 5.77. The molecule has 3 N–H and O–H groups in total. The second-order valence-corrected chi connectivity index (χ2v) is 3.80. The molecule has 0 spiro atoms. The minimum atomic E-state index is -0.733. The molecule has 0 heterocycles. The lowest BCUT2D eigenvalue weighted by Gasteiger charge is -2.14. The highest BCUT2D eigenvalue weighted by Crippen LogP contribution is 2.26. The molecule has 0 saturated carbocycles. The first-order valence-corrected chi connectivity index (χ1v) is 4.77. The van der Waals surface area contributed by atoms with Crippen LogP contribution < -0.4 is 5.73 Å². The quantitative estimate of drug-likeness (QED) is 0.816. The Kier molecular flexibility index (Phi) is 3.86. The molecule has 2 atom stereocenters. The number of aliphatic hydroxyl groups is 1. The van der Waals surface area contributed by atoms with Gasteiger partial charge in [-0.1, -0.05) is 17.7 Å². The molecule has 0 fully saturated rings. The summed E-state index contributed by atoms with van der Waals surface area (Å²) in [4.78, 5) is 0. The van der Waals surface area contributed by atoms with Crippen molar-refractivity contribution >= 4 is 11.6 Å². The van der Waals surface area contributed by atoms with E-state index in [-0.39, 0.29) is 11.1 Å². The first kappa shape index (κ1) is 11.4. The fourth-order valence-corrected chi connectivity index (χ4v) is 1.54. The topological polar surface area (TPSA) is 46.2 Å². The summed E-state index contributed by atoms with van der Waals surface area (Å²) in [7, 11) is 0. The molecule has 0 radical (unpaired) electrons. The van der Waals surface area contributed by atoms with Crippen molar-refractivity contribution in [3.05, 3.63) is 34.6 Å². The number of hydrogen-bond donors (Lipinski definition) is 2. The minimum absolute atomic E-state index is 0.119. The Labute approximate surface area is 87.5 Å². The van der Waals surface area contributed by atoms with Crippen LogP contribution >= 0.6 is 11.6 Å². The van der Waals surface area contributed by atoms with Gasteiger partial charge in [-0.2, -0.15) is 0 Å². The van der Waals surface area contributed by atoms with Gasteiger partial charge >= 0.3 is 0 Å². The van der Waals surface area contributed by atoms with Crippen molar-refractivity contribution < 1.29 is 9.50 Å². The second-order valence-electron chi connectivity index (χ2n) is 3.39. The molecule has 0 bridgehead atoms. The van der Waals surface area contributed by atoms with Crippen LogP contribution in [0.5, 0.6) is 0 Å². The Hall–Kier alpha value is -0.640. The Morgan fingerprint density at radius 3 is 2.71 bits per heavy atom. The highest BCUT2D eigenvalue weighted by Gasteiger charge is 2.13. The lowest BCUT2D eigenvalue weighted by molar-refractivity contribution is 0.160. The molecule has 78 valence electrons. The zero-order valence-corrected chi connectivity index (χ0v) is 8.63. The van der Waals surface area contributed by atoms with Gasteiger partial charge in [-0.3, -0.25) is 0 Å². The van der Waals surface area contributed by atoms with E-state index in [1.165, 1.54) is 18.2 Å². The minimum Gasteiger partial charge on any atom is -0.388 e. The van der Waals surface area contributed by atoms with Crippen LogP contribution in [0.15, 0.2) is 18.2 Å². The number of benzene rings is 1. The summed E-state index contributed by atoms with van der Waals surface area (Å²) in [5.41, 5.74) is 6.05. The first-order valence-electron chi connectivity index (χ1n) is 4.39. The van der Waals surface area contributed by atoms with E-state index in [0.717, 1.165) is 0 Å². The molecule has 0 aliphatic carbocycles. The van der Waals surface area contributed by atoms with E-state index < -0.39 is 11.9 Å². The maximum Gasteiger partial charge on any atom is 0.124 e. The standard InChI is InChI=1S/C10H13ClFNO/c1-6(13)4-10(14)8-3-2-7(12)5-9(8)11/h2-3,5-6,10,14H,4,13H2,1H3. The van der Waals surface area contributed by atoms with Gasteiger partial charge in [-0.25, -0.2) is 4.39 Å². The molecule has 4 heteroatoms. The number of rotatable bonds is 3. The van der Waals surface area contributed by atoms with Gasteiger partial charge in [-0.05, 0) is 31.0 Å². The molecule has 0 aromatic heterocycles. The third-order valence-electron chi connectivity index (χ3n) is 1.92. The molecule has 0 saturated heterocycles. The van der Waals surface area contributed by atoms with Gasteiger partial charge < -0.3 is 10.8 Å². The number of hydrogen-bond acceptors (Lipinski definition) is 2. The van der Waals surface area contributed by atoms with E-state index in [1.54, 1.807) is 6.92 Å². The summed E-state index contributed by atoms with van der Waals surface area (Å²) < 4.78 is 12.7. The molecule has 14 heavy (non-hydrogen) atoms. The van der Waals surface area contributed by atoms with Crippen LogP contribution in [0.1, 0.15) is 25.0 Å². The van der Waals surface area contributed by atoms with Crippen LogP contribution in [0.25, 0.3) is 0 Å². The molecule has 2 nitrogen and oxygen atoms in total. The van der Waals surface area contributed by atoms with E-state index in [0.29, 0.717) is 12.0 Å². The first-order chi connectivity index (χ1) is 6.50. The molecule has 1 aromatic rings. The zero-order valence-electron chi connectivity index (χ0n) is 7.87. The molecular formula is C10H13ClFNO. The smallest absolute Gasteiger partial charge is 0.124 e. The zero-order chi connectivity index (χ0) is 10.7. The summed E-state index contributed by atoms with van der Waals surface area (Å²) in [5, 5.41) is 9.91. The van der Waals surface area contributed by atoms with Crippen molar-refractivity contribution in [2.24, 2.45) is 5.73 Å². The molecule has 0 aliphatic heterocycles. The fraction of sp³-hybridized carbons (Fsp3) is 0.400. The van der Waals surface area contributed by atoms with E-state index >= 15 is 0 Å². The van der Waals surface area contributed by atoms with E-state index in [9.17, 15) is 9.50 Å². The molecular weight excluding hydrogens is 205 g/mol. The Morgan fingerprint density at radius 1 is 1.57 bits per heavy atom. The lowest BCUT2D eigenvalue weighted by atomic mass is 10.0. The fourth-order valence-electron chi connectivity index (χ4n) is 1.25. The summed E-state index contributed by atoms with van der Waals surface area (Å²) in [5.74, 6) is -0.410. The number of aliphatic hydroxyl groups excluding tert-OH is 1. The van der Waals surface area contributed by atoms with Gasteiger partial charge in [0, 0.05) is 11.1 Å². The van der Waals surface area contributed by atoms with Gasteiger partial charge in [0.1, 0.15) is 5.82 Å². The van der Waals surface area contributed by atoms with Crippen LogP contribution in [0.3, 0.4) is 0 Å². The maximum atomic E-state index is 12.7. The van der Waals surface area contributed by atoms with Crippen LogP contribution in [0.2, 0.25) is 5.02 Å². The number of nitrogens with two attached hydrogens (primary N) is 1. The van der Waals surface area contributed by atoms with Gasteiger partial charge in [0.05, 0.1) is 6.10 Å². The average Bonchev–Trinajstić information content (AvgIpc) is 2.01. The Morgan fingerprint density at radius 2 is 2.21 bits per heavy atom. The van der Waals surface area contributed by atoms with Gasteiger partial charge in [0.25, 0.3) is 0 Å². The number of halogens is 2. The van der Waals surface area contributed by atoms with Gasteiger partial charge in [-0.15, -0.1) is 0 Å². The lowest BCUT2D eigenvalue weighted by Crippen LogP contribution is -2.18. The average molecular weight is 218 g/mol. The Bertz CT molecular complexity index is 317. The molecule has 1 rings (SSSR count). The van der Waals surface area contributed by atoms with Crippen LogP contribution in [0, 0.1) is 5.82 Å². The maximum absolute atomic E-state index is 12.7. The summed E-state index contributed by atoms with van der Waals surface area (Å²) in [6.45, 7) is 1.79. The van der Waals surface area contributed by atoms with Crippen molar-refractivity contribution in [2.45, 2.75) is 25.5 Å². The normalized spacial score (nSPS) is 15.2. The van der Waals surface area contributed by atoms with Crippen LogP contribution in [-0.4, -0.2) is 11.1 Å². The van der Waals surface area contributed by atoms with Crippen molar-refractivity contribution in [2.75, 3.05) is 0 Å². The monoisotopic (exact) mass is 217 g/mol. The molecule has 2 unspecified atom stereocenters. The largest absolute Gasteiger partial charge is 0.388 e. The highest BCUT2D eigenvalue weighted by molar-refractivity contribution is 6.31. The SMILES string of the molecule is CC(N)CC(O)c1ccc(F)cc1Cl. The van der Waals surface area contributed by atoms with Gasteiger partial charge in [0.2, 0.25) is 0 Å². The van der Waals surface area contributed by atoms with Crippen LogP contribution in [-0.2, 0) is 0 Å². The third kappa shape index (κ3) is 2.94. The van der Waals surface area contributed by atoms with Crippen LogP contribution in [0.4, 0.5) is 4.39 Å². The predicted molar refractivity (Wildman–Crippen MR) is 54.6 cm³/mol. The molecule has 1 aromatic carbocycles. The van der Waals surface area contributed by atoms with Crippen molar-refractivity contribution in [1.82, 2.24) is 0 Å². The predicted octanol–water partition coefficient (Wildman–Crippen LogP) is 2.25. The molecule has 0 aliphatic rings. The summed E-state index contributed by atoms with van der Waals surface area (Å²) in [6, 6.07) is 3.81. The second kappa shape index (κ2) is 4.73. The Balaban J connectivity index is 2.84. The van der Waals surface area contributed by atoms with E-state index in [1.807, 2.05) is 0 Å². The third-order valence-corrected chi connectivity index (χ3v) is 2.24.